The van der Waals surface area contributed by atoms with Crippen molar-refractivity contribution in [1.82, 2.24) is 9.47 Å². The summed E-state index contributed by atoms with van der Waals surface area (Å²) in [5.41, 5.74) is 1.87. The molecule has 2 rings (SSSR count). The number of aryl methyl sites for hydroxylation is 1. The van der Waals surface area contributed by atoms with Crippen molar-refractivity contribution in [3.05, 3.63) is 21.8 Å². The fourth-order valence-corrected chi connectivity index (χ4v) is 3.46. The SMILES string of the molecule is CCOC(=O)c1c(CN(C)C)n(C)c2cc(Br)c(OC)c(OC(C)=O)c12. The van der Waals surface area contributed by atoms with E-state index in [1.54, 1.807) is 6.92 Å². The Morgan fingerprint density at radius 3 is 2.42 bits per heavy atom. The van der Waals surface area contributed by atoms with Crippen LogP contribution in [0.25, 0.3) is 10.9 Å². The van der Waals surface area contributed by atoms with Gasteiger partial charge < -0.3 is 23.7 Å². The van der Waals surface area contributed by atoms with Gasteiger partial charge in [-0.15, -0.1) is 0 Å². The van der Waals surface area contributed by atoms with Crippen LogP contribution in [0.2, 0.25) is 0 Å². The minimum Gasteiger partial charge on any atom is -0.492 e. The smallest absolute Gasteiger partial charge is 0.340 e. The summed E-state index contributed by atoms with van der Waals surface area (Å²) in [4.78, 5) is 26.4. The molecule has 0 radical (unpaired) electrons. The van der Waals surface area contributed by atoms with Crippen molar-refractivity contribution in [2.24, 2.45) is 7.05 Å². The molecule has 0 spiro atoms. The van der Waals surface area contributed by atoms with E-state index in [1.807, 2.05) is 36.7 Å². The summed E-state index contributed by atoms with van der Waals surface area (Å²) in [7, 11) is 7.17. The Balaban J connectivity index is 2.96. The number of esters is 2. The third-order valence-electron chi connectivity index (χ3n) is 3.87. The molecule has 142 valence electrons. The number of fused-ring (bicyclic) bond motifs is 1. The van der Waals surface area contributed by atoms with Gasteiger partial charge in [-0.25, -0.2) is 4.79 Å². The standard InChI is InChI=1S/C18H23BrN2O5/c1-7-25-18(23)15-13(9-20(3)4)21(5)12-8-11(19)16(24-6)17(14(12)15)26-10(2)22/h8H,7,9H2,1-6H3. The van der Waals surface area contributed by atoms with Crippen molar-refractivity contribution < 1.29 is 23.8 Å². The molecule has 0 bridgehead atoms. The lowest BCUT2D eigenvalue weighted by atomic mass is 10.1. The summed E-state index contributed by atoms with van der Waals surface area (Å²) in [6, 6.07) is 1.84. The van der Waals surface area contributed by atoms with Crippen LogP contribution in [0.3, 0.4) is 0 Å². The van der Waals surface area contributed by atoms with Crippen molar-refractivity contribution in [3.63, 3.8) is 0 Å². The summed E-state index contributed by atoms with van der Waals surface area (Å²) in [5, 5.41) is 0.498. The summed E-state index contributed by atoms with van der Waals surface area (Å²) < 4.78 is 18.7. The molecule has 0 N–H and O–H groups in total. The van der Waals surface area contributed by atoms with Crippen LogP contribution < -0.4 is 9.47 Å². The Kier molecular flexibility index (Phi) is 6.30. The number of rotatable bonds is 6. The molecular formula is C18H23BrN2O5. The van der Waals surface area contributed by atoms with Gasteiger partial charge in [0, 0.05) is 26.2 Å². The van der Waals surface area contributed by atoms with E-state index in [0.29, 0.717) is 27.7 Å². The topological polar surface area (TPSA) is 70.0 Å². The number of hydrogen-bond donors (Lipinski definition) is 0. The highest BCUT2D eigenvalue weighted by molar-refractivity contribution is 9.10. The zero-order valence-corrected chi connectivity index (χ0v) is 17.4. The van der Waals surface area contributed by atoms with E-state index in [2.05, 4.69) is 15.9 Å². The van der Waals surface area contributed by atoms with E-state index in [-0.39, 0.29) is 12.4 Å². The molecule has 1 aromatic heterocycles. The predicted molar refractivity (Wildman–Crippen MR) is 102 cm³/mol. The van der Waals surface area contributed by atoms with Gasteiger partial charge in [-0.1, -0.05) is 0 Å². The second-order valence-electron chi connectivity index (χ2n) is 6.05. The Hall–Kier alpha value is -2.06. The highest BCUT2D eigenvalue weighted by Gasteiger charge is 2.29. The second-order valence-corrected chi connectivity index (χ2v) is 6.90. The lowest BCUT2D eigenvalue weighted by Crippen LogP contribution is -2.17. The fraction of sp³-hybridized carbons (Fsp3) is 0.444. The first kappa shape index (κ1) is 20.3. The van der Waals surface area contributed by atoms with Gasteiger partial charge in [-0.3, -0.25) is 4.79 Å². The minimum absolute atomic E-state index is 0.202. The molecule has 1 aromatic carbocycles. The molecule has 0 aliphatic rings. The van der Waals surface area contributed by atoms with Gasteiger partial charge >= 0.3 is 11.9 Å². The predicted octanol–water partition coefficient (Wildman–Crippen LogP) is 3.11. The van der Waals surface area contributed by atoms with Gasteiger partial charge in [0.15, 0.2) is 11.5 Å². The van der Waals surface area contributed by atoms with E-state index >= 15 is 0 Å². The average Bonchev–Trinajstić information content (AvgIpc) is 2.80. The molecule has 0 amide bonds. The van der Waals surface area contributed by atoms with Crippen LogP contribution in [0.15, 0.2) is 10.5 Å². The molecule has 8 heteroatoms. The third kappa shape index (κ3) is 3.71. The first-order valence-electron chi connectivity index (χ1n) is 8.10. The zero-order chi connectivity index (χ0) is 19.6. The number of aromatic nitrogens is 1. The van der Waals surface area contributed by atoms with E-state index in [1.165, 1.54) is 14.0 Å². The second kappa shape index (κ2) is 8.09. The molecule has 0 aliphatic carbocycles. The van der Waals surface area contributed by atoms with E-state index in [9.17, 15) is 9.59 Å². The minimum atomic E-state index is -0.504. The van der Waals surface area contributed by atoms with Gasteiger partial charge in [0.1, 0.15) is 0 Å². The highest BCUT2D eigenvalue weighted by Crippen LogP contribution is 2.45. The van der Waals surface area contributed by atoms with Crippen molar-refractivity contribution in [2.75, 3.05) is 27.8 Å². The van der Waals surface area contributed by atoms with Gasteiger partial charge in [0.25, 0.3) is 0 Å². The monoisotopic (exact) mass is 426 g/mol. The molecule has 7 nitrogen and oxygen atoms in total. The maximum atomic E-state index is 12.7. The number of halogens is 1. The van der Waals surface area contributed by atoms with Crippen molar-refractivity contribution >= 4 is 38.8 Å². The Labute approximate surface area is 160 Å². The summed E-state index contributed by atoms with van der Waals surface area (Å²) in [6.45, 7) is 3.81. The number of hydrogen-bond acceptors (Lipinski definition) is 6. The highest BCUT2D eigenvalue weighted by atomic mass is 79.9. The molecular weight excluding hydrogens is 404 g/mol. The molecule has 0 saturated carbocycles. The Morgan fingerprint density at radius 2 is 1.92 bits per heavy atom. The maximum absolute atomic E-state index is 12.7. The number of methoxy groups -OCH3 is 1. The van der Waals surface area contributed by atoms with Crippen LogP contribution in [0, 0.1) is 0 Å². The lowest BCUT2D eigenvalue weighted by molar-refractivity contribution is -0.131. The lowest BCUT2D eigenvalue weighted by Gasteiger charge is -2.13. The van der Waals surface area contributed by atoms with Crippen LogP contribution in [-0.2, 0) is 23.1 Å². The Morgan fingerprint density at radius 1 is 1.27 bits per heavy atom. The number of nitrogens with zero attached hydrogens (tertiary/aromatic N) is 2. The van der Waals surface area contributed by atoms with Gasteiger partial charge in [0.2, 0.25) is 0 Å². The molecule has 0 unspecified atom stereocenters. The van der Waals surface area contributed by atoms with Gasteiger partial charge in [0.05, 0.1) is 34.7 Å². The maximum Gasteiger partial charge on any atom is 0.340 e. The van der Waals surface area contributed by atoms with E-state index in [0.717, 1.165) is 11.2 Å². The number of ether oxygens (including phenoxy) is 3. The first-order chi connectivity index (χ1) is 12.2. The fourth-order valence-electron chi connectivity index (χ4n) is 2.90. The third-order valence-corrected chi connectivity index (χ3v) is 4.46. The Bertz CT molecular complexity index is 857. The van der Waals surface area contributed by atoms with Crippen LogP contribution in [0.5, 0.6) is 11.5 Å². The normalized spacial score (nSPS) is 11.1. The van der Waals surface area contributed by atoms with Gasteiger partial charge in [-0.05, 0) is 43.0 Å². The summed E-state index contributed by atoms with van der Waals surface area (Å²) >= 11 is 3.45. The van der Waals surface area contributed by atoms with Crippen LogP contribution >= 0.6 is 15.9 Å². The molecule has 0 fully saturated rings. The van der Waals surface area contributed by atoms with Gasteiger partial charge in [-0.2, -0.15) is 0 Å². The molecule has 26 heavy (non-hydrogen) atoms. The quantitative estimate of drug-likeness (QED) is 0.521. The molecule has 0 atom stereocenters. The largest absolute Gasteiger partial charge is 0.492 e. The van der Waals surface area contributed by atoms with Crippen molar-refractivity contribution in [3.8, 4) is 11.5 Å². The zero-order valence-electron chi connectivity index (χ0n) is 15.8. The van der Waals surface area contributed by atoms with E-state index in [4.69, 9.17) is 14.2 Å². The van der Waals surface area contributed by atoms with Crippen LogP contribution in [0.1, 0.15) is 29.9 Å². The first-order valence-corrected chi connectivity index (χ1v) is 8.90. The number of carbonyl (C=O) groups excluding carboxylic acids is 2. The van der Waals surface area contributed by atoms with Crippen molar-refractivity contribution in [1.29, 1.82) is 0 Å². The van der Waals surface area contributed by atoms with Crippen LogP contribution in [0.4, 0.5) is 0 Å². The number of benzene rings is 1. The molecule has 0 saturated heterocycles. The average molecular weight is 427 g/mol. The van der Waals surface area contributed by atoms with Crippen LogP contribution in [-0.4, -0.2) is 49.2 Å². The number of carbonyl (C=O) groups is 2. The summed E-state index contributed by atoms with van der Waals surface area (Å²) in [5.74, 6) is -0.420. The van der Waals surface area contributed by atoms with Crippen molar-refractivity contribution in [2.45, 2.75) is 20.4 Å². The molecule has 0 aliphatic heterocycles. The molecule has 1 heterocycles. The van der Waals surface area contributed by atoms with E-state index < -0.39 is 11.9 Å². The summed E-state index contributed by atoms with van der Waals surface area (Å²) in [6.07, 6.45) is 0. The molecule has 2 aromatic rings.